The Kier molecular flexibility index (Phi) is 5.04. The van der Waals surface area contributed by atoms with Gasteiger partial charge < -0.3 is 9.47 Å². The molecule has 0 radical (unpaired) electrons. The Morgan fingerprint density at radius 2 is 1.77 bits per heavy atom. The lowest BCUT2D eigenvalue weighted by molar-refractivity contribution is 0.0954. The number of hydrogen-bond donors (Lipinski definition) is 0. The van der Waals surface area contributed by atoms with Gasteiger partial charge in [-0.1, -0.05) is 25.3 Å². The van der Waals surface area contributed by atoms with Crippen LogP contribution >= 0.6 is 0 Å². The fraction of sp³-hybridized carbons (Fsp3) is 0.429. The molecule has 0 N–H and O–H groups in total. The van der Waals surface area contributed by atoms with Crippen LogP contribution in [0.2, 0.25) is 0 Å². The van der Waals surface area contributed by atoms with Crippen LogP contribution in [0.3, 0.4) is 0 Å². The average molecular weight is 352 g/mol. The van der Waals surface area contributed by atoms with Crippen molar-refractivity contribution in [2.24, 2.45) is 4.99 Å². The van der Waals surface area contributed by atoms with Crippen LogP contribution in [0.15, 0.2) is 47.6 Å². The van der Waals surface area contributed by atoms with E-state index in [-0.39, 0.29) is 5.91 Å². The van der Waals surface area contributed by atoms with Crippen LogP contribution in [0, 0.1) is 0 Å². The fourth-order valence-electron chi connectivity index (χ4n) is 3.54. The third kappa shape index (κ3) is 3.66. The second-order valence-electron chi connectivity index (χ2n) is 6.87. The lowest BCUT2D eigenvalue weighted by atomic mass is 9.96. The van der Waals surface area contributed by atoms with E-state index in [0.29, 0.717) is 36.3 Å². The quantitative estimate of drug-likeness (QED) is 0.830. The van der Waals surface area contributed by atoms with Crippen molar-refractivity contribution in [2.45, 2.75) is 44.6 Å². The molecule has 0 saturated heterocycles. The van der Waals surface area contributed by atoms with Crippen LogP contribution in [-0.2, 0) is 0 Å². The summed E-state index contributed by atoms with van der Waals surface area (Å²) in [6.45, 7) is 1.24. The number of carbonyl (C=O) groups excluding carboxylic acids is 1. The van der Waals surface area contributed by atoms with Gasteiger partial charge in [-0.15, -0.1) is 0 Å². The normalized spacial score (nSPS) is 18.4. The van der Waals surface area contributed by atoms with Crippen molar-refractivity contribution >= 4 is 5.91 Å². The molecule has 26 heavy (non-hydrogen) atoms. The van der Waals surface area contributed by atoms with E-state index in [1.165, 1.54) is 19.3 Å². The smallest absolute Gasteiger partial charge is 0.263 e. The molecule has 0 spiro atoms. The van der Waals surface area contributed by atoms with Gasteiger partial charge in [0, 0.05) is 18.2 Å². The van der Waals surface area contributed by atoms with E-state index >= 15 is 0 Å². The summed E-state index contributed by atoms with van der Waals surface area (Å²) in [5.41, 5.74) is 1.29. The zero-order valence-corrected chi connectivity index (χ0v) is 14.9. The molecule has 2 heterocycles. The summed E-state index contributed by atoms with van der Waals surface area (Å²) in [5.74, 6) is 1.23. The molecular formula is C21H24N2O3. The van der Waals surface area contributed by atoms with Crippen molar-refractivity contribution in [2.75, 3.05) is 13.2 Å². The molecule has 1 fully saturated rings. The number of pyridine rings is 1. The first-order chi connectivity index (χ1) is 12.8. The van der Waals surface area contributed by atoms with E-state index in [2.05, 4.69) is 0 Å². The van der Waals surface area contributed by atoms with E-state index in [4.69, 9.17) is 14.5 Å². The summed E-state index contributed by atoms with van der Waals surface area (Å²) < 4.78 is 13.0. The fourth-order valence-corrected chi connectivity index (χ4v) is 3.54. The Balaban J connectivity index is 1.66. The van der Waals surface area contributed by atoms with Crippen LogP contribution in [0.1, 0.15) is 48.9 Å². The molecule has 136 valence electrons. The number of benzene rings is 1. The van der Waals surface area contributed by atoms with Crippen LogP contribution in [0.25, 0.3) is 0 Å². The lowest BCUT2D eigenvalue weighted by Gasteiger charge is -2.18. The molecule has 1 aromatic carbocycles. The Hall–Kier alpha value is -2.56. The predicted molar refractivity (Wildman–Crippen MR) is 98.6 cm³/mol. The van der Waals surface area contributed by atoms with Gasteiger partial charge in [0.15, 0.2) is 11.5 Å². The first-order valence-corrected chi connectivity index (χ1v) is 9.47. The maximum Gasteiger partial charge on any atom is 0.263 e. The van der Waals surface area contributed by atoms with E-state index < -0.39 is 0 Å². The summed E-state index contributed by atoms with van der Waals surface area (Å²) in [6.07, 6.45) is 8.56. The second kappa shape index (κ2) is 7.77. The number of aromatic nitrogens is 1. The number of hydrogen-bond acceptors (Lipinski definition) is 4. The van der Waals surface area contributed by atoms with Gasteiger partial charge in [0.1, 0.15) is 5.49 Å². The highest BCUT2D eigenvalue weighted by molar-refractivity contribution is 5.96. The summed E-state index contributed by atoms with van der Waals surface area (Å²) in [5, 5.41) is 0. The Labute approximate surface area is 153 Å². The standard InChI is InChI=1S/C21H24N2O3/c24-21(16-10-11-18-19(15-16)26-14-6-13-25-18)23-12-5-4-9-20(23)22-17-7-2-1-3-8-17/h4-5,9-12,15,17H,1-3,6-8,13-14H2. The monoisotopic (exact) mass is 352 g/mol. The molecule has 0 amide bonds. The van der Waals surface area contributed by atoms with Crippen molar-refractivity contribution in [3.05, 3.63) is 53.6 Å². The minimum absolute atomic E-state index is 0.101. The summed E-state index contributed by atoms with van der Waals surface area (Å²) in [6, 6.07) is 11.4. The van der Waals surface area contributed by atoms with Crippen molar-refractivity contribution < 1.29 is 14.3 Å². The Bertz CT molecular complexity index is 850. The van der Waals surface area contributed by atoms with Gasteiger partial charge in [-0.3, -0.25) is 14.4 Å². The zero-order valence-electron chi connectivity index (χ0n) is 14.9. The SMILES string of the molecule is O=C(c1ccc2c(c1)OCCCO2)n1ccccc1=NC1CCCCC1. The van der Waals surface area contributed by atoms with Gasteiger partial charge in [0.25, 0.3) is 5.91 Å². The highest BCUT2D eigenvalue weighted by atomic mass is 16.5. The van der Waals surface area contributed by atoms with Gasteiger partial charge in [-0.05, 0) is 43.2 Å². The number of rotatable bonds is 2. The average Bonchev–Trinajstić information content (AvgIpc) is 2.93. The molecule has 2 aromatic rings. The van der Waals surface area contributed by atoms with Gasteiger partial charge in [0.05, 0.1) is 19.3 Å². The van der Waals surface area contributed by atoms with Gasteiger partial charge in [-0.2, -0.15) is 0 Å². The van der Waals surface area contributed by atoms with Crippen LogP contribution in [0.5, 0.6) is 11.5 Å². The first-order valence-electron chi connectivity index (χ1n) is 9.47. The molecule has 4 rings (SSSR count). The van der Waals surface area contributed by atoms with Crippen LogP contribution in [0.4, 0.5) is 0 Å². The third-order valence-corrected chi connectivity index (χ3v) is 4.94. The molecule has 1 aliphatic carbocycles. The largest absolute Gasteiger partial charge is 0.490 e. The maximum atomic E-state index is 13.1. The van der Waals surface area contributed by atoms with E-state index in [0.717, 1.165) is 24.8 Å². The minimum Gasteiger partial charge on any atom is -0.490 e. The predicted octanol–water partition coefficient (Wildman–Crippen LogP) is 3.57. The first kappa shape index (κ1) is 16.9. The molecule has 1 aromatic heterocycles. The topological polar surface area (TPSA) is 52.8 Å². The van der Waals surface area contributed by atoms with Crippen molar-refractivity contribution in [1.29, 1.82) is 0 Å². The molecule has 0 atom stereocenters. The van der Waals surface area contributed by atoms with Crippen molar-refractivity contribution in [1.82, 2.24) is 4.57 Å². The van der Waals surface area contributed by atoms with E-state index in [1.807, 2.05) is 24.3 Å². The molecular weight excluding hydrogens is 328 g/mol. The number of carbonyl (C=O) groups is 1. The summed E-state index contributed by atoms with van der Waals surface area (Å²) in [4.78, 5) is 17.9. The van der Waals surface area contributed by atoms with Crippen LogP contribution in [-0.4, -0.2) is 29.7 Å². The lowest BCUT2D eigenvalue weighted by Crippen LogP contribution is -2.29. The van der Waals surface area contributed by atoms with Crippen molar-refractivity contribution in [3.8, 4) is 11.5 Å². The number of fused-ring (bicyclic) bond motifs is 1. The maximum absolute atomic E-state index is 13.1. The highest BCUT2D eigenvalue weighted by Gasteiger charge is 2.16. The molecule has 0 unspecified atom stereocenters. The Morgan fingerprint density at radius 3 is 2.62 bits per heavy atom. The van der Waals surface area contributed by atoms with Gasteiger partial charge in [0.2, 0.25) is 0 Å². The molecule has 5 nitrogen and oxygen atoms in total. The van der Waals surface area contributed by atoms with Gasteiger partial charge in [-0.25, -0.2) is 0 Å². The molecule has 0 bridgehead atoms. The molecule has 2 aliphatic rings. The van der Waals surface area contributed by atoms with E-state index in [9.17, 15) is 4.79 Å². The number of nitrogens with zero attached hydrogens (tertiary/aromatic N) is 2. The molecule has 1 aliphatic heterocycles. The van der Waals surface area contributed by atoms with E-state index in [1.54, 1.807) is 22.9 Å². The molecule has 1 saturated carbocycles. The highest BCUT2D eigenvalue weighted by Crippen LogP contribution is 2.30. The Morgan fingerprint density at radius 1 is 0.962 bits per heavy atom. The zero-order chi connectivity index (χ0) is 17.8. The van der Waals surface area contributed by atoms with Gasteiger partial charge >= 0.3 is 0 Å². The minimum atomic E-state index is -0.101. The summed E-state index contributed by atoms with van der Waals surface area (Å²) >= 11 is 0. The third-order valence-electron chi connectivity index (χ3n) is 4.94. The number of ether oxygens (including phenoxy) is 2. The summed E-state index contributed by atoms with van der Waals surface area (Å²) in [7, 11) is 0. The van der Waals surface area contributed by atoms with Crippen LogP contribution < -0.4 is 15.0 Å². The molecule has 5 heteroatoms. The second-order valence-corrected chi connectivity index (χ2v) is 6.87. The van der Waals surface area contributed by atoms with Crippen molar-refractivity contribution in [3.63, 3.8) is 0 Å².